The minimum atomic E-state index is -3.90. The largest absolute Gasteiger partial charge is 0.324 e. The predicted octanol–water partition coefficient (Wildman–Crippen LogP) is 2.15. The summed E-state index contributed by atoms with van der Waals surface area (Å²) in [6.07, 6.45) is 7.97. The van der Waals surface area contributed by atoms with Gasteiger partial charge >= 0.3 is 0 Å². The van der Waals surface area contributed by atoms with Crippen molar-refractivity contribution in [2.45, 2.75) is 48.7 Å². The van der Waals surface area contributed by atoms with Crippen LogP contribution in [0.2, 0.25) is 0 Å². The third kappa shape index (κ3) is 2.69. The van der Waals surface area contributed by atoms with E-state index < -0.39 is 9.84 Å². The third-order valence-corrected chi connectivity index (χ3v) is 6.68. The van der Waals surface area contributed by atoms with Gasteiger partial charge in [0, 0.05) is 11.9 Å². The first kappa shape index (κ1) is 16.4. The summed E-state index contributed by atoms with van der Waals surface area (Å²) in [5, 5.41) is 16.7. The molecule has 2 aliphatic carbocycles. The van der Waals surface area contributed by atoms with Gasteiger partial charge in [0.25, 0.3) is 15.0 Å². The fourth-order valence-electron chi connectivity index (χ4n) is 4.03. The van der Waals surface area contributed by atoms with Gasteiger partial charge in [0.05, 0.1) is 0 Å². The number of aromatic nitrogens is 5. The Balaban J connectivity index is 1.51. The van der Waals surface area contributed by atoms with E-state index in [9.17, 15) is 8.42 Å². The standard InChI is InChI=1S/C18H18N6O2S/c25-27(26,15-8-3-9-19-22-15)18-21-17(23-24-18)20-16-13-6-1-4-11(13)10-12-5-2-7-14(12)16/h3,8-10H,1-2,4-7H2,(H2,20,21,23,24). The Morgan fingerprint density at radius 2 is 1.78 bits per heavy atom. The molecule has 5 rings (SSSR count). The van der Waals surface area contributed by atoms with Crippen LogP contribution in [0.5, 0.6) is 0 Å². The molecule has 2 aromatic heterocycles. The molecule has 9 heteroatoms. The highest BCUT2D eigenvalue weighted by Crippen LogP contribution is 2.39. The van der Waals surface area contributed by atoms with Crippen molar-refractivity contribution >= 4 is 21.5 Å². The molecular formula is C18H18N6O2S. The van der Waals surface area contributed by atoms with Crippen LogP contribution in [-0.4, -0.2) is 33.8 Å². The lowest BCUT2D eigenvalue weighted by Gasteiger charge is -2.15. The monoisotopic (exact) mass is 382 g/mol. The Labute approximate surface area is 156 Å². The lowest BCUT2D eigenvalue weighted by atomic mass is 9.99. The highest BCUT2D eigenvalue weighted by Gasteiger charge is 2.27. The number of nitrogens with one attached hydrogen (secondary N) is 2. The molecule has 1 aromatic carbocycles. The zero-order chi connectivity index (χ0) is 18.4. The van der Waals surface area contributed by atoms with Crippen molar-refractivity contribution in [2.24, 2.45) is 0 Å². The quantitative estimate of drug-likeness (QED) is 0.711. The van der Waals surface area contributed by atoms with Gasteiger partial charge in [-0.15, -0.1) is 10.2 Å². The fourth-order valence-corrected chi connectivity index (χ4v) is 5.01. The Morgan fingerprint density at radius 1 is 1.04 bits per heavy atom. The Hall–Kier alpha value is -2.81. The molecule has 0 bridgehead atoms. The highest BCUT2D eigenvalue weighted by atomic mass is 32.2. The maximum absolute atomic E-state index is 12.6. The number of aryl methyl sites for hydroxylation is 2. The lowest BCUT2D eigenvalue weighted by molar-refractivity contribution is 0.581. The molecule has 27 heavy (non-hydrogen) atoms. The number of rotatable bonds is 4. The Kier molecular flexibility index (Phi) is 3.71. The highest BCUT2D eigenvalue weighted by molar-refractivity contribution is 7.91. The van der Waals surface area contributed by atoms with E-state index in [1.807, 2.05) is 0 Å². The zero-order valence-corrected chi connectivity index (χ0v) is 15.4. The fraction of sp³-hybridized carbons (Fsp3) is 0.333. The van der Waals surface area contributed by atoms with E-state index >= 15 is 0 Å². The molecule has 2 heterocycles. The van der Waals surface area contributed by atoms with Crippen molar-refractivity contribution in [1.82, 2.24) is 25.4 Å². The Morgan fingerprint density at radius 3 is 2.44 bits per heavy atom. The number of fused-ring (bicyclic) bond motifs is 2. The minimum absolute atomic E-state index is 0.169. The van der Waals surface area contributed by atoms with Crippen LogP contribution < -0.4 is 5.32 Å². The molecule has 0 saturated heterocycles. The predicted molar refractivity (Wildman–Crippen MR) is 97.6 cm³/mol. The summed E-state index contributed by atoms with van der Waals surface area (Å²) in [6, 6.07) is 5.24. The number of hydrogen-bond donors (Lipinski definition) is 2. The van der Waals surface area contributed by atoms with Gasteiger partial charge in [0.15, 0.2) is 5.03 Å². The maximum atomic E-state index is 12.6. The van der Waals surface area contributed by atoms with Crippen LogP contribution in [0.3, 0.4) is 0 Å². The molecule has 2 N–H and O–H groups in total. The molecule has 0 saturated carbocycles. The lowest BCUT2D eigenvalue weighted by Crippen LogP contribution is -2.07. The summed E-state index contributed by atoms with van der Waals surface area (Å²) >= 11 is 0. The molecule has 2 aliphatic rings. The number of H-pyrrole nitrogens is 1. The van der Waals surface area contributed by atoms with E-state index in [0.717, 1.165) is 44.2 Å². The average molecular weight is 382 g/mol. The van der Waals surface area contributed by atoms with Gasteiger partial charge in [0.2, 0.25) is 5.95 Å². The summed E-state index contributed by atoms with van der Waals surface area (Å²) < 4.78 is 25.2. The molecule has 0 spiro atoms. The van der Waals surface area contributed by atoms with Crippen LogP contribution >= 0.6 is 0 Å². The second kappa shape index (κ2) is 6.12. The van der Waals surface area contributed by atoms with E-state index in [0.29, 0.717) is 5.95 Å². The van der Waals surface area contributed by atoms with Crippen LogP contribution in [0, 0.1) is 0 Å². The second-order valence-corrected chi connectivity index (χ2v) is 8.68. The number of aromatic amines is 1. The maximum Gasteiger partial charge on any atom is 0.275 e. The third-order valence-electron chi connectivity index (χ3n) is 5.24. The SMILES string of the molecule is O=S(=O)(c1cccnn1)c1n[nH]c(Nc2c3c(cc4c2CCC4)CCC3)n1. The molecule has 0 atom stereocenters. The first-order chi connectivity index (χ1) is 13.1. The molecule has 8 nitrogen and oxygen atoms in total. The van der Waals surface area contributed by atoms with E-state index in [1.54, 1.807) is 0 Å². The number of sulfone groups is 1. The van der Waals surface area contributed by atoms with E-state index in [2.05, 4.69) is 36.8 Å². The van der Waals surface area contributed by atoms with Gasteiger partial charge in [-0.05, 0) is 72.9 Å². The first-order valence-electron chi connectivity index (χ1n) is 9.01. The molecule has 138 valence electrons. The summed E-state index contributed by atoms with van der Waals surface area (Å²) in [5.74, 6) is 0.326. The molecule has 3 aromatic rings. The van der Waals surface area contributed by atoms with E-state index in [1.165, 1.54) is 40.6 Å². The number of hydrogen-bond acceptors (Lipinski definition) is 7. The number of benzene rings is 1. The number of anilines is 2. The molecule has 0 amide bonds. The minimum Gasteiger partial charge on any atom is -0.324 e. The van der Waals surface area contributed by atoms with Gasteiger partial charge in [0.1, 0.15) is 0 Å². The van der Waals surface area contributed by atoms with Crippen molar-refractivity contribution in [3.63, 3.8) is 0 Å². The van der Waals surface area contributed by atoms with Crippen molar-refractivity contribution in [2.75, 3.05) is 5.32 Å². The van der Waals surface area contributed by atoms with Crippen molar-refractivity contribution < 1.29 is 8.42 Å². The Bertz CT molecular complexity index is 1090. The molecule has 0 aliphatic heterocycles. The van der Waals surface area contributed by atoms with Crippen LogP contribution in [0.25, 0.3) is 0 Å². The normalized spacial score (nSPS) is 15.6. The summed E-state index contributed by atoms with van der Waals surface area (Å²) in [6.45, 7) is 0. The van der Waals surface area contributed by atoms with Crippen LogP contribution in [0.15, 0.2) is 34.6 Å². The summed E-state index contributed by atoms with van der Waals surface area (Å²) in [5.41, 5.74) is 6.52. The zero-order valence-electron chi connectivity index (χ0n) is 14.6. The van der Waals surface area contributed by atoms with Gasteiger partial charge in [-0.1, -0.05) is 6.07 Å². The van der Waals surface area contributed by atoms with Crippen LogP contribution in [0.1, 0.15) is 35.1 Å². The summed E-state index contributed by atoms with van der Waals surface area (Å²) in [4.78, 5) is 4.17. The van der Waals surface area contributed by atoms with Crippen molar-refractivity contribution in [3.8, 4) is 0 Å². The summed E-state index contributed by atoms with van der Waals surface area (Å²) in [7, 11) is -3.90. The van der Waals surface area contributed by atoms with Crippen LogP contribution in [-0.2, 0) is 35.5 Å². The van der Waals surface area contributed by atoms with Gasteiger partial charge in [-0.25, -0.2) is 13.5 Å². The molecule has 0 radical (unpaired) electrons. The van der Waals surface area contributed by atoms with Crippen molar-refractivity contribution in [1.29, 1.82) is 0 Å². The van der Waals surface area contributed by atoms with Gasteiger partial charge in [-0.3, -0.25) is 0 Å². The van der Waals surface area contributed by atoms with E-state index in [4.69, 9.17) is 0 Å². The smallest absolute Gasteiger partial charge is 0.275 e. The van der Waals surface area contributed by atoms with Crippen molar-refractivity contribution in [3.05, 3.63) is 46.6 Å². The molecule has 0 fully saturated rings. The number of nitrogens with zero attached hydrogens (tertiary/aromatic N) is 4. The molecular weight excluding hydrogens is 364 g/mol. The second-order valence-electron chi connectivity index (χ2n) is 6.89. The van der Waals surface area contributed by atoms with Crippen LogP contribution in [0.4, 0.5) is 11.6 Å². The molecule has 0 unspecified atom stereocenters. The average Bonchev–Trinajstić information content (AvgIpc) is 3.42. The van der Waals surface area contributed by atoms with Gasteiger partial charge in [-0.2, -0.15) is 10.1 Å². The van der Waals surface area contributed by atoms with E-state index in [-0.39, 0.29) is 10.2 Å². The topological polar surface area (TPSA) is 114 Å². The first-order valence-corrected chi connectivity index (χ1v) is 10.5. The van der Waals surface area contributed by atoms with Gasteiger partial charge < -0.3 is 5.32 Å².